The Bertz CT molecular complexity index is 1470. The fourth-order valence-corrected chi connectivity index (χ4v) is 6.83. The highest BCUT2D eigenvalue weighted by Gasteiger charge is 2.33. The summed E-state index contributed by atoms with van der Waals surface area (Å²) in [4.78, 5) is 23.2. The Hall–Kier alpha value is -2.65. The second-order valence-electron chi connectivity index (χ2n) is 12.6. The number of ether oxygens (including phenoxy) is 4. The standard InChI is InChI=1S/C35H52ClN7O5S.C2H6/c1-4-12-45-14-16-47-18-19-48-17-15-46-13-10-37-22-27-24-41(25-27)34-26(2)23-43-33(38-34)21-31(39-43)32-7-5-6-11-42(32)35(44)29-20-28(36)8-9-30(29)40-49-3;1-2/h8-9,20-21,23,27,32,37,40H,4-7,10-19,22,24-25H2,1-3H3;1-2H3. The first-order valence-corrected chi connectivity index (χ1v) is 20.1. The summed E-state index contributed by atoms with van der Waals surface area (Å²) in [6.45, 7) is 17.5. The molecule has 1 unspecified atom stereocenters. The van der Waals surface area contributed by atoms with Crippen LogP contribution in [0.3, 0.4) is 0 Å². The summed E-state index contributed by atoms with van der Waals surface area (Å²) in [5.41, 5.74) is 4.10. The lowest BCUT2D eigenvalue weighted by atomic mass is 9.98. The number of benzene rings is 1. The highest BCUT2D eigenvalue weighted by Crippen LogP contribution is 2.35. The molecule has 0 saturated carbocycles. The molecular formula is C37H58ClN7O5S. The molecule has 0 aliphatic carbocycles. The molecule has 4 heterocycles. The number of nitrogens with one attached hydrogen (secondary N) is 2. The summed E-state index contributed by atoms with van der Waals surface area (Å²) in [7, 11) is 0. The Morgan fingerprint density at radius 1 is 0.980 bits per heavy atom. The van der Waals surface area contributed by atoms with Gasteiger partial charge in [0.05, 0.1) is 69.2 Å². The van der Waals surface area contributed by atoms with Crippen LogP contribution in [0.2, 0.25) is 5.02 Å². The van der Waals surface area contributed by atoms with Gasteiger partial charge in [-0.25, -0.2) is 9.50 Å². The first kappa shape index (κ1) is 41.1. The van der Waals surface area contributed by atoms with Crippen molar-refractivity contribution in [3.8, 4) is 0 Å². The van der Waals surface area contributed by atoms with E-state index in [4.69, 9.17) is 40.6 Å². The van der Waals surface area contributed by atoms with Crippen LogP contribution in [0.1, 0.15) is 74.1 Å². The maximum atomic E-state index is 13.9. The third-order valence-electron chi connectivity index (χ3n) is 8.73. The van der Waals surface area contributed by atoms with E-state index in [1.54, 1.807) is 12.1 Å². The molecule has 14 heteroatoms. The third kappa shape index (κ3) is 12.2. The third-order valence-corrected chi connectivity index (χ3v) is 9.39. The Kier molecular flexibility index (Phi) is 18.1. The molecule has 2 aliphatic heterocycles. The van der Waals surface area contributed by atoms with Crippen LogP contribution in [0.15, 0.2) is 30.5 Å². The maximum Gasteiger partial charge on any atom is 0.256 e. The van der Waals surface area contributed by atoms with Gasteiger partial charge in [-0.3, -0.25) is 4.79 Å². The van der Waals surface area contributed by atoms with Crippen LogP contribution in [-0.2, 0) is 18.9 Å². The van der Waals surface area contributed by atoms with E-state index < -0.39 is 0 Å². The van der Waals surface area contributed by atoms with Crippen molar-refractivity contribution < 1.29 is 23.7 Å². The molecule has 2 N–H and O–H groups in total. The van der Waals surface area contributed by atoms with Crippen LogP contribution < -0.4 is 14.9 Å². The molecule has 2 aromatic heterocycles. The number of hydrogen-bond acceptors (Lipinski definition) is 11. The number of hydrogen-bond donors (Lipinski definition) is 2. The summed E-state index contributed by atoms with van der Waals surface area (Å²) in [6, 6.07) is 7.34. The number of rotatable bonds is 21. The second kappa shape index (κ2) is 22.4. The van der Waals surface area contributed by atoms with Gasteiger partial charge in [-0.15, -0.1) is 0 Å². The zero-order valence-electron chi connectivity index (χ0n) is 31.1. The number of halogens is 1. The molecule has 2 aliphatic rings. The molecule has 284 valence electrons. The minimum atomic E-state index is -0.121. The lowest BCUT2D eigenvalue weighted by molar-refractivity contribution is -0.00141. The Labute approximate surface area is 313 Å². The largest absolute Gasteiger partial charge is 0.379 e. The van der Waals surface area contributed by atoms with E-state index >= 15 is 0 Å². The van der Waals surface area contributed by atoms with E-state index in [0.717, 1.165) is 86.9 Å². The maximum absolute atomic E-state index is 13.9. The molecule has 1 atom stereocenters. The van der Waals surface area contributed by atoms with Crippen molar-refractivity contribution in [3.05, 3.63) is 52.3 Å². The molecule has 3 aromatic rings. The number of amides is 1. The first-order valence-electron chi connectivity index (χ1n) is 18.5. The zero-order chi connectivity index (χ0) is 36.4. The highest BCUT2D eigenvalue weighted by molar-refractivity contribution is 7.99. The highest BCUT2D eigenvalue weighted by atomic mass is 35.5. The number of nitrogens with zero attached hydrogens (tertiary/aromatic N) is 5. The van der Waals surface area contributed by atoms with E-state index in [0.29, 0.717) is 69.3 Å². The number of fused-ring (bicyclic) bond motifs is 1. The van der Waals surface area contributed by atoms with Crippen molar-refractivity contribution in [2.24, 2.45) is 5.92 Å². The monoisotopic (exact) mass is 747 g/mol. The Morgan fingerprint density at radius 3 is 2.35 bits per heavy atom. The number of carbonyl (C=O) groups is 1. The summed E-state index contributed by atoms with van der Waals surface area (Å²) < 4.78 is 27.2. The van der Waals surface area contributed by atoms with Crippen molar-refractivity contribution in [3.63, 3.8) is 0 Å². The number of aryl methyl sites for hydroxylation is 1. The van der Waals surface area contributed by atoms with E-state index in [1.807, 2.05) is 41.7 Å². The number of aromatic nitrogens is 3. The molecular weight excluding hydrogens is 690 g/mol. The number of piperidine rings is 1. The minimum absolute atomic E-state index is 0.0346. The zero-order valence-corrected chi connectivity index (χ0v) is 32.7. The van der Waals surface area contributed by atoms with Gasteiger partial charge >= 0.3 is 0 Å². The van der Waals surface area contributed by atoms with Crippen LogP contribution in [0.25, 0.3) is 5.65 Å². The number of anilines is 2. The van der Waals surface area contributed by atoms with Gasteiger partial charge in [-0.05, 0) is 50.8 Å². The summed E-state index contributed by atoms with van der Waals surface area (Å²) >= 11 is 7.77. The van der Waals surface area contributed by atoms with Crippen molar-refractivity contribution in [2.45, 2.75) is 59.4 Å². The van der Waals surface area contributed by atoms with Gasteiger partial charge in [0.15, 0.2) is 5.65 Å². The molecule has 1 aromatic carbocycles. The predicted molar refractivity (Wildman–Crippen MR) is 207 cm³/mol. The van der Waals surface area contributed by atoms with E-state index in [2.05, 4.69) is 35.0 Å². The molecule has 51 heavy (non-hydrogen) atoms. The lowest BCUT2D eigenvalue weighted by Crippen LogP contribution is -2.51. The Morgan fingerprint density at radius 2 is 1.67 bits per heavy atom. The van der Waals surface area contributed by atoms with Gasteiger partial charge in [-0.2, -0.15) is 5.10 Å². The van der Waals surface area contributed by atoms with Gasteiger partial charge < -0.3 is 38.8 Å². The molecule has 1 amide bonds. The summed E-state index contributed by atoms with van der Waals surface area (Å²) in [6.07, 6.45) is 7.88. The molecule has 2 fully saturated rings. The lowest BCUT2D eigenvalue weighted by Gasteiger charge is -2.41. The molecule has 0 spiro atoms. The summed E-state index contributed by atoms with van der Waals surface area (Å²) in [5.74, 6) is 1.53. The predicted octanol–water partition coefficient (Wildman–Crippen LogP) is 6.28. The van der Waals surface area contributed by atoms with Crippen LogP contribution in [-0.4, -0.2) is 117 Å². The quantitative estimate of drug-likeness (QED) is 0.0949. The van der Waals surface area contributed by atoms with Gasteiger partial charge in [-0.1, -0.05) is 44.3 Å². The number of carbonyl (C=O) groups excluding carboxylic acids is 1. The van der Waals surface area contributed by atoms with Crippen LogP contribution in [0.4, 0.5) is 11.5 Å². The average Bonchev–Trinajstić information content (AvgIpc) is 3.54. The summed E-state index contributed by atoms with van der Waals surface area (Å²) in [5, 5.41) is 8.98. The van der Waals surface area contributed by atoms with Gasteiger partial charge in [0.25, 0.3) is 5.91 Å². The molecule has 0 radical (unpaired) electrons. The van der Waals surface area contributed by atoms with Crippen molar-refractivity contribution >= 4 is 46.6 Å². The molecule has 12 nitrogen and oxygen atoms in total. The first-order chi connectivity index (χ1) is 25.0. The fourth-order valence-electron chi connectivity index (χ4n) is 6.26. The fraction of sp³-hybridized carbons (Fsp3) is 0.649. The van der Waals surface area contributed by atoms with E-state index in [-0.39, 0.29) is 11.9 Å². The normalized spacial score (nSPS) is 16.2. The van der Waals surface area contributed by atoms with Crippen molar-refractivity contribution in [1.82, 2.24) is 24.8 Å². The van der Waals surface area contributed by atoms with Gasteiger partial charge in [0.2, 0.25) is 0 Å². The van der Waals surface area contributed by atoms with Crippen molar-refractivity contribution in [1.29, 1.82) is 0 Å². The molecule has 2 saturated heterocycles. The van der Waals surface area contributed by atoms with Crippen molar-refractivity contribution in [2.75, 3.05) is 101 Å². The SMILES string of the molecule is CC.CCCOCCOCCOCCOCCNCC1CN(c2nc3cc(C4CCCCN4C(=O)c4cc(Cl)ccc4NSC)nn3cc2C)C1. The van der Waals surface area contributed by atoms with Gasteiger partial charge in [0.1, 0.15) is 5.82 Å². The van der Waals surface area contributed by atoms with Crippen LogP contribution >= 0.6 is 23.5 Å². The Balaban J connectivity index is 0.00000286. The minimum Gasteiger partial charge on any atom is -0.379 e. The van der Waals surface area contributed by atoms with E-state index in [9.17, 15) is 4.79 Å². The van der Waals surface area contributed by atoms with Gasteiger partial charge in [0, 0.05) is 74.4 Å². The smallest absolute Gasteiger partial charge is 0.256 e. The topological polar surface area (TPSA) is 115 Å². The van der Waals surface area contributed by atoms with Crippen LogP contribution in [0.5, 0.6) is 0 Å². The van der Waals surface area contributed by atoms with E-state index in [1.165, 1.54) is 11.9 Å². The van der Waals surface area contributed by atoms with Crippen LogP contribution in [0, 0.1) is 12.8 Å². The number of likely N-dealkylation sites (tertiary alicyclic amines) is 1. The molecule has 5 rings (SSSR count). The molecule has 0 bridgehead atoms. The second-order valence-corrected chi connectivity index (χ2v) is 13.6. The average molecular weight is 748 g/mol.